The summed E-state index contributed by atoms with van der Waals surface area (Å²) >= 11 is 4.39. The van der Waals surface area contributed by atoms with Crippen molar-refractivity contribution >= 4 is 18.5 Å². The predicted molar refractivity (Wildman–Crippen MR) is 68.5 cm³/mol. The number of hydrogen-bond acceptors (Lipinski definition) is 3. The second-order valence-corrected chi connectivity index (χ2v) is 5.96. The molecule has 92 valence electrons. The van der Waals surface area contributed by atoms with Gasteiger partial charge in [-0.3, -0.25) is 4.79 Å². The van der Waals surface area contributed by atoms with Crippen molar-refractivity contribution < 1.29 is 4.79 Å². The van der Waals surface area contributed by atoms with E-state index in [0.29, 0.717) is 5.41 Å². The van der Waals surface area contributed by atoms with Gasteiger partial charge in [0.05, 0.1) is 6.04 Å². The first-order valence-electron chi connectivity index (χ1n) is 6.21. The third kappa shape index (κ3) is 2.23. The normalized spacial score (nSPS) is 35.9. The highest BCUT2D eigenvalue weighted by Gasteiger charge is 2.44. The maximum Gasteiger partial charge on any atom is 0.239 e. The Balaban J connectivity index is 1.95. The fourth-order valence-electron chi connectivity index (χ4n) is 3.26. The van der Waals surface area contributed by atoms with E-state index in [0.717, 1.165) is 31.2 Å². The minimum atomic E-state index is -0.350. The van der Waals surface area contributed by atoms with Gasteiger partial charge in [0.2, 0.25) is 5.91 Å². The van der Waals surface area contributed by atoms with Crippen LogP contribution in [0.3, 0.4) is 0 Å². The molecule has 1 saturated heterocycles. The zero-order chi connectivity index (χ0) is 11.8. The molecule has 1 aliphatic carbocycles. The van der Waals surface area contributed by atoms with Crippen molar-refractivity contribution in [1.82, 2.24) is 4.90 Å². The van der Waals surface area contributed by atoms with Gasteiger partial charge in [0.25, 0.3) is 0 Å². The van der Waals surface area contributed by atoms with Crippen molar-refractivity contribution in [2.24, 2.45) is 17.1 Å². The number of nitrogens with zero attached hydrogens (tertiary/aromatic N) is 1. The van der Waals surface area contributed by atoms with Crippen molar-refractivity contribution in [3.63, 3.8) is 0 Å². The summed E-state index contributed by atoms with van der Waals surface area (Å²) in [7, 11) is 0. The van der Waals surface area contributed by atoms with E-state index in [4.69, 9.17) is 5.73 Å². The number of thiol groups is 1. The molecule has 0 bridgehead atoms. The van der Waals surface area contributed by atoms with Gasteiger partial charge in [-0.1, -0.05) is 0 Å². The Morgan fingerprint density at radius 1 is 1.62 bits per heavy atom. The Kier molecular flexibility index (Phi) is 3.50. The minimum absolute atomic E-state index is 0.117. The summed E-state index contributed by atoms with van der Waals surface area (Å²) < 4.78 is 0. The lowest BCUT2D eigenvalue weighted by molar-refractivity contribution is -0.131. The fraction of sp³-hybridized carbons (Fsp3) is 0.917. The van der Waals surface area contributed by atoms with E-state index < -0.39 is 0 Å². The van der Waals surface area contributed by atoms with Gasteiger partial charge in [0.1, 0.15) is 0 Å². The first-order valence-corrected chi connectivity index (χ1v) is 6.85. The largest absolute Gasteiger partial charge is 0.341 e. The fourth-order valence-corrected chi connectivity index (χ4v) is 3.58. The van der Waals surface area contributed by atoms with Crippen molar-refractivity contribution in [3.05, 3.63) is 0 Å². The van der Waals surface area contributed by atoms with Crippen molar-refractivity contribution in [2.75, 3.05) is 18.8 Å². The molecule has 16 heavy (non-hydrogen) atoms. The average molecular weight is 242 g/mol. The van der Waals surface area contributed by atoms with E-state index in [1.165, 1.54) is 19.3 Å². The molecule has 0 aromatic rings. The summed E-state index contributed by atoms with van der Waals surface area (Å²) in [5, 5.41) is 0. The van der Waals surface area contributed by atoms with Gasteiger partial charge < -0.3 is 10.6 Å². The van der Waals surface area contributed by atoms with Gasteiger partial charge >= 0.3 is 0 Å². The summed E-state index contributed by atoms with van der Waals surface area (Å²) in [6, 6.07) is -0.350. The van der Waals surface area contributed by atoms with Gasteiger partial charge in [-0.05, 0) is 49.7 Å². The second-order valence-electron chi connectivity index (χ2n) is 5.59. The van der Waals surface area contributed by atoms with Crippen LogP contribution in [0.5, 0.6) is 0 Å². The first kappa shape index (κ1) is 12.2. The monoisotopic (exact) mass is 242 g/mol. The van der Waals surface area contributed by atoms with Gasteiger partial charge in [-0.25, -0.2) is 0 Å². The van der Waals surface area contributed by atoms with Crippen LogP contribution in [0.2, 0.25) is 0 Å². The van der Waals surface area contributed by atoms with Crippen LogP contribution in [0, 0.1) is 11.3 Å². The number of rotatable bonds is 2. The van der Waals surface area contributed by atoms with Crippen LogP contribution in [0.15, 0.2) is 0 Å². The number of hydrogen-bond donors (Lipinski definition) is 2. The van der Waals surface area contributed by atoms with Crippen LogP contribution >= 0.6 is 12.6 Å². The molecule has 1 heterocycles. The molecule has 2 N–H and O–H groups in total. The Hall–Kier alpha value is -0.220. The van der Waals surface area contributed by atoms with Crippen molar-refractivity contribution in [3.8, 4) is 0 Å². The Morgan fingerprint density at radius 3 is 2.94 bits per heavy atom. The van der Waals surface area contributed by atoms with Crippen LogP contribution < -0.4 is 5.73 Å². The SMILES string of the molecule is C[C@@H](N)C(=O)N1CC[C@@]2(CC[C@@H](CS)C2)C1. The highest BCUT2D eigenvalue weighted by Crippen LogP contribution is 2.48. The summed E-state index contributed by atoms with van der Waals surface area (Å²) in [5.74, 6) is 1.86. The van der Waals surface area contributed by atoms with E-state index in [2.05, 4.69) is 12.6 Å². The smallest absolute Gasteiger partial charge is 0.239 e. The third-order valence-electron chi connectivity index (χ3n) is 4.20. The van der Waals surface area contributed by atoms with E-state index in [-0.39, 0.29) is 11.9 Å². The van der Waals surface area contributed by atoms with E-state index in [1.54, 1.807) is 6.92 Å². The molecule has 3 atom stereocenters. The molecule has 0 unspecified atom stereocenters. The highest BCUT2D eigenvalue weighted by molar-refractivity contribution is 7.80. The number of carbonyl (C=O) groups is 1. The molecule has 2 fully saturated rings. The topological polar surface area (TPSA) is 46.3 Å². The zero-order valence-electron chi connectivity index (χ0n) is 9.98. The summed E-state index contributed by atoms with van der Waals surface area (Å²) in [5.41, 5.74) is 6.05. The Bertz CT molecular complexity index is 282. The molecule has 0 radical (unpaired) electrons. The molecule has 1 amide bonds. The summed E-state index contributed by atoms with van der Waals surface area (Å²) in [4.78, 5) is 13.8. The van der Waals surface area contributed by atoms with Crippen molar-refractivity contribution in [1.29, 1.82) is 0 Å². The minimum Gasteiger partial charge on any atom is -0.341 e. The molecule has 1 saturated carbocycles. The number of carbonyl (C=O) groups excluding carboxylic acids is 1. The standard InChI is InChI=1S/C12H22N2OS/c1-9(13)11(15)14-5-4-12(8-14)3-2-10(6-12)7-16/h9-10,16H,2-8,13H2,1H3/t9-,10-,12-/m1/s1. The molecule has 1 aliphatic heterocycles. The molecular formula is C12H22N2OS. The molecule has 2 rings (SSSR count). The molecule has 3 nitrogen and oxygen atoms in total. The van der Waals surface area contributed by atoms with Crippen LogP contribution in [-0.4, -0.2) is 35.7 Å². The number of nitrogens with two attached hydrogens (primary N) is 1. The van der Waals surface area contributed by atoms with Crippen molar-refractivity contribution in [2.45, 2.75) is 38.6 Å². The van der Waals surface area contributed by atoms with Gasteiger partial charge in [-0.15, -0.1) is 0 Å². The molecule has 0 aromatic heterocycles. The number of amides is 1. The Morgan fingerprint density at radius 2 is 2.38 bits per heavy atom. The maximum atomic E-state index is 11.8. The summed E-state index contributed by atoms with van der Waals surface area (Å²) in [6.45, 7) is 3.61. The van der Waals surface area contributed by atoms with E-state index >= 15 is 0 Å². The Labute approximate surface area is 103 Å². The lowest BCUT2D eigenvalue weighted by atomic mass is 9.85. The van der Waals surface area contributed by atoms with Crippen LogP contribution in [0.25, 0.3) is 0 Å². The average Bonchev–Trinajstić information content (AvgIpc) is 2.85. The molecule has 1 spiro atoms. The van der Waals surface area contributed by atoms with Crippen LogP contribution in [-0.2, 0) is 4.79 Å². The predicted octanol–water partition coefficient (Wildman–Crippen LogP) is 1.28. The lowest BCUT2D eigenvalue weighted by Crippen LogP contribution is -2.41. The van der Waals surface area contributed by atoms with E-state index in [1.807, 2.05) is 4.90 Å². The second kappa shape index (κ2) is 4.57. The molecule has 4 heteroatoms. The van der Waals surface area contributed by atoms with Crippen LogP contribution in [0.4, 0.5) is 0 Å². The number of likely N-dealkylation sites (tertiary alicyclic amines) is 1. The summed E-state index contributed by atoms with van der Waals surface area (Å²) in [6.07, 6.45) is 4.96. The third-order valence-corrected chi connectivity index (χ3v) is 4.72. The van der Waals surface area contributed by atoms with E-state index in [9.17, 15) is 4.79 Å². The maximum absolute atomic E-state index is 11.8. The first-order chi connectivity index (χ1) is 7.56. The van der Waals surface area contributed by atoms with Gasteiger partial charge in [-0.2, -0.15) is 12.6 Å². The van der Waals surface area contributed by atoms with Gasteiger partial charge in [0.15, 0.2) is 0 Å². The quantitative estimate of drug-likeness (QED) is 0.717. The molecular weight excluding hydrogens is 220 g/mol. The lowest BCUT2D eigenvalue weighted by Gasteiger charge is -2.25. The zero-order valence-corrected chi connectivity index (χ0v) is 10.9. The highest BCUT2D eigenvalue weighted by atomic mass is 32.1. The van der Waals surface area contributed by atoms with Crippen LogP contribution in [0.1, 0.15) is 32.6 Å². The molecule has 0 aromatic carbocycles. The van der Waals surface area contributed by atoms with Gasteiger partial charge in [0, 0.05) is 13.1 Å². The molecule has 2 aliphatic rings.